The van der Waals surface area contributed by atoms with E-state index >= 15 is 0 Å². The number of pyridine rings is 1. The quantitative estimate of drug-likeness (QED) is 0.892. The summed E-state index contributed by atoms with van der Waals surface area (Å²) in [5, 5.41) is 10.9. The molecule has 0 aromatic carbocycles. The predicted octanol–water partition coefficient (Wildman–Crippen LogP) is 3.46. The molecule has 1 aromatic rings. The molecule has 1 aromatic heterocycles. The van der Waals surface area contributed by atoms with Gasteiger partial charge in [0.2, 0.25) is 0 Å². The van der Waals surface area contributed by atoms with Crippen molar-refractivity contribution >= 4 is 11.6 Å². The molecule has 3 atom stereocenters. The molecule has 3 unspecified atom stereocenters. The van der Waals surface area contributed by atoms with Crippen LogP contribution >= 0.6 is 11.6 Å². The van der Waals surface area contributed by atoms with Gasteiger partial charge in [0.05, 0.1) is 11.1 Å². The standard InChI is InChI=1S/C14H20ClNO/c1-2-10-3-4-12(7-10)14(17)8-11-5-6-16-9-13(11)15/h5-6,9-10,12,14,17H,2-4,7-8H2,1H3. The van der Waals surface area contributed by atoms with Crippen LogP contribution in [0.4, 0.5) is 0 Å². The van der Waals surface area contributed by atoms with Gasteiger partial charge >= 0.3 is 0 Å². The van der Waals surface area contributed by atoms with Crippen LogP contribution < -0.4 is 0 Å². The molecule has 0 radical (unpaired) electrons. The van der Waals surface area contributed by atoms with E-state index in [9.17, 15) is 5.11 Å². The third-order valence-electron chi connectivity index (χ3n) is 3.99. The number of nitrogens with zero attached hydrogens (tertiary/aromatic N) is 1. The van der Waals surface area contributed by atoms with Gasteiger partial charge in [-0.1, -0.05) is 31.4 Å². The Kier molecular flexibility index (Phi) is 4.41. The number of rotatable bonds is 4. The van der Waals surface area contributed by atoms with Crippen LogP contribution in [0.15, 0.2) is 18.5 Å². The topological polar surface area (TPSA) is 33.1 Å². The van der Waals surface area contributed by atoms with E-state index in [0.717, 1.165) is 17.9 Å². The Hall–Kier alpha value is -0.600. The van der Waals surface area contributed by atoms with Gasteiger partial charge in [0.25, 0.3) is 0 Å². The van der Waals surface area contributed by atoms with Crippen LogP contribution in [0.25, 0.3) is 0 Å². The molecule has 1 saturated carbocycles. The molecule has 94 valence electrons. The van der Waals surface area contributed by atoms with E-state index in [0.29, 0.717) is 17.4 Å². The first kappa shape index (κ1) is 12.8. The van der Waals surface area contributed by atoms with Crippen molar-refractivity contribution in [2.24, 2.45) is 11.8 Å². The first-order chi connectivity index (χ1) is 8.20. The Morgan fingerprint density at radius 1 is 1.53 bits per heavy atom. The van der Waals surface area contributed by atoms with Crippen molar-refractivity contribution in [3.8, 4) is 0 Å². The molecule has 17 heavy (non-hydrogen) atoms. The van der Waals surface area contributed by atoms with Crippen LogP contribution in [0.1, 0.15) is 38.2 Å². The van der Waals surface area contributed by atoms with Crippen LogP contribution in [0.3, 0.4) is 0 Å². The van der Waals surface area contributed by atoms with Crippen molar-refractivity contribution in [2.45, 2.75) is 45.1 Å². The summed E-state index contributed by atoms with van der Waals surface area (Å²) in [5.41, 5.74) is 1.01. The lowest BCUT2D eigenvalue weighted by molar-refractivity contribution is 0.108. The molecule has 1 fully saturated rings. The van der Waals surface area contributed by atoms with Gasteiger partial charge in [-0.05, 0) is 36.3 Å². The van der Waals surface area contributed by atoms with Crippen molar-refractivity contribution < 1.29 is 5.11 Å². The molecule has 3 heteroatoms. The largest absolute Gasteiger partial charge is 0.392 e. The molecule has 0 saturated heterocycles. The maximum absolute atomic E-state index is 10.3. The van der Waals surface area contributed by atoms with Crippen molar-refractivity contribution in [2.75, 3.05) is 0 Å². The summed E-state index contributed by atoms with van der Waals surface area (Å²) in [5.74, 6) is 1.26. The Balaban J connectivity index is 1.94. The van der Waals surface area contributed by atoms with Crippen LogP contribution in [-0.4, -0.2) is 16.2 Å². The third-order valence-corrected chi connectivity index (χ3v) is 4.33. The molecule has 0 aliphatic heterocycles. The highest BCUT2D eigenvalue weighted by Crippen LogP contribution is 2.36. The first-order valence-corrected chi connectivity index (χ1v) is 6.85. The van der Waals surface area contributed by atoms with Gasteiger partial charge in [0.15, 0.2) is 0 Å². The second-order valence-corrected chi connectivity index (χ2v) is 5.49. The highest BCUT2D eigenvalue weighted by Gasteiger charge is 2.29. The zero-order chi connectivity index (χ0) is 12.3. The minimum Gasteiger partial charge on any atom is -0.392 e. The molecule has 1 aliphatic carbocycles. The molecular weight excluding hydrogens is 234 g/mol. The summed E-state index contributed by atoms with van der Waals surface area (Å²) >= 11 is 6.06. The van der Waals surface area contributed by atoms with E-state index < -0.39 is 0 Å². The maximum Gasteiger partial charge on any atom is 0.0622 e. The minimum atomic E-state index is -0.258. The van der Waals surface area contributed by atoms with E-state index in [1.165, 1.54) is 19.3 Å². The smallest absolute Gasteiger partial charge is 0.0622 e. The fraction of sp³-hybridized carbons (Fsp3) is 0.643. The molecule has 2 nitrogen and oxygen atoms in total. The van der Waals surface area contributed by atoms with E-state index in [1.807, 2.05) is 6.07 Å². The fourth-order valence-electron chi connectivity index (χ4n) is 2.80. The zero-order valence-corrected chi connectivity index (χ0v) is 11.0. The van der Waals surface area contributed by atoms with E-state index in [4.69, 9.17) is 11.6 Å². The molecule has 1 aliphatic rings. The van der Waals surface area contributed by atoms with Gasteiger partial charge in [-0.15, -0.1) is 0 Å². The van der Waals surface area contributed by atoms with Crippen LogP contribution in [-0.2, 0) is 6.42 Å². The van der Waals surface area contributed by atoms with Gasteiger partial charge < -0.3 is 5.11 Å². The monoisotopic (exact) mass is 253 g/mol. The summed E-state index contributed by atoms with van der Waals surface area (Å²) in [6.07, 6.45) is 8.60. The van der Waals surface area contributed by atoms with E-state index in [1.54, 1.807) is 12.4 Å². The SMILES string of the molecule is CCC1CCC(C(O)Cc2ccncc2Cl)C1. The number of aliphatic hydroxyl groups is 1. The van der Waals surface area contributed by atoms with Crippen molar-refractivity contribution in [1.82, 2.24) is 4.98 Å². The normalized spacial score (nSPS) is 26.1. The van der Waals surface area contributed by atoms with Gasteiger partial charge in [-0.2, -0.15) is 0 Å². The number of halogens is 1. The molecule has 0 spiro atoms. The number of hydrogen-bond acceptors (Lipinski definition) is 2. The molecule has 0 bridgehead atoms. The van der Waals surface area contributed by atoms with E-state index in [-0.39, 0.29) is 6.10 Å². The summed E-state index contributed by atoms with van der Waals surface area (Å²) < 4.78 is 0. The average molecular weight is 254 g/mol. The Bertz CT molecular complexity index is 369. The summed E-state index contributed by atoms with van der Waals surface area (Å²) in [6.45, 7) is 2.24. The Morgan fingerprint density at radius 2 is 2.35 bits per heavy atom. The third kappa shape index (κ3) is 3.20. The van der Waals surface area contributed by atoms with Crippen LogP contribution in [0.2, 0.25) is 5.02 Å². The maximum atomic E-state index is 10.3. The molecule has 2 rings (SSSR count). The summed E-state index contributed by atoms with van der Waals surface area (Å²) in [4.78, 5) is 3.96. The number of hydrogen-bond donors (Lipinski definition) is 1. The van der Waals surface area contributed by atoms with Crippen LogP contribution in [0, 0.1) is 11.8 Å². The van der Waals surface area contributed by atoms with Gasteiger partial charge in [-0.25, -0.2) is 0 Å². The molecule has 1 heterocycles. The molecule has 1 N–H and O–H groups in total. The summed E-state index contributed by atoms with van der Waals surface area (Å²) in [6, 6.07) is 1.90. The van der Waals surface area contributed by atoms with Crippen molar-refractivity contribution in [1.29, 1.82) is 0 Å². The molecule has 0 amide bonds. The number of aliphatic hydroxyl groups excluding tert-OH is 1. The lowest BCUT2D eigenvalue weighted by Gasteiger charge is -2.18. The van der Waals surface area contributed by atoms with Gasteiger partial charge in [0.1, 0.15) is 0 Å². The predicted molar refractivity (Wildman–Crippen MR) is 70.1 cm³/mol. The molecular formula is C14H20ClNO. The fourth-order valence-corrected chi connectivity index (χ4v) is 2.99. The average Bonchev–Trinajstić information content (AvgIpc) is 2.81. The van der Waals surface area contributed by atoms with Crippen LogP contribution in [0.5, 0.6) is 0 Å². The summed E-state index contributed by atoms with van der Waals surface area (Å²) in [7, 11) is 0. The second kappa shape index (κ2) is 5.83. The Labute approximate surface area is 108 Å². The first-order valence-electron chi connectivity index (χ1n) is 6.47. The Morgan fingerprint density at radius 3 is 3.00 bits per heavy atom. The van der Waals surface area contributed by atoms with Gasteiger partial charge in [-0.3, -0.25) is 4.98 Å². The highest BCUT2D eigenvalue weighted by molar-refractivity contribution is 6.31. The number of aromatic nitrogens is 1. The highest BCUT2D eigenvalue weighted by atomic mass is 35.5. The van der Waals surface area contributed by atoms with Crippen molar-refractivity contribution in [3.63, 3.8) is 0 Å². The second-order valence-electron chi connectivity index (χ2n) is 5.09. The van der Waals surface area contributed by atoms with Crippen molar-refractivity contribution in [3.05, 3.63) is 29.0 Å². The van der Waals surface area contributed by atoms with Gasteiger partial charge in [0, 0.05) is 18.8 Å². The zero-order valence-electron chi connectivity index (χ0n) is 10.3. The minimum absolute atomic E-state index is 0.258. The lowest BCUT2D eigenvalue weighted by Crippen LogP contribution is -2.21. The lowest BCUT2D eigenvalue weighted by atomic mass is 9.93. The van der Waals surface area contributed by atoms with E-state index in [2.05, 4.69) is 11.9 Å².